The molecular formula is C25H20Cl2N2O2. The monoisotopic (exact) mass is 450 g/mol. The van der Waals surface area contributed by atoms with Crippen LogP contribution < -0.4 is 10.1 Å². The lowest BCUT2D eigenvalue weighted by Crippen LogP contribution is -2.13. The first-order valence-corrected chi connectivity index (χ1v) is 10.3. The first-order valence-electron chi connectivity index (χ1n) is 9.53. The van der Waals surface area contributed by atoms with Crippen molar-refractivity contribution >= 4 is 40.9 Å². The molecule has 0 aliphatic carbocycles. The molecule has 0 atom stereocenters. The average molecular weight is 451 g/mol. The first-order chi connectivity index (χ1) is 14.9. The highest BCUT2D eigenvalue weighted by Gasteiger charge is 2.12. The molecule has 3 rings (SSSR count). The molecule has 0 saturated heterocycles. The summed E-state index contributed by atoms with van der Waals surface area (Å²) in [4.78, 5) is 12.6. The van der Waals surface area contributed by atoms with Crippen molar-refractivity contribution in [3.63, 3.8) is 0 Å². The summed E-state index contributed by atoms with van der Waals surface area (Å²) < 4.78 is 5.97. The largest absolute Gasteiger partial charge is 0.488 e. The summed E-state index contributed by atoms with van der Waals surface area (Å²) in [7, 11) is 0. The van der Waals surface area contributed by atoms with E-state index in [-0.39, 0.29) is 5.57 Å². The normalized spacial score (nSPS) is 11.0. The summed E-state index contributed by atoms with van der Waals surface area (Å²) in [6.07, 6.45) is 1.50. The molecule has 1 N–H and O–H groups in total. The SMILES string of the molecule is Cc1ccc(COc2ccccc2/C=C(\C#N)C(=O)Nc2ccc(Cl)c(Cl)c2)cc1C. The molecule has 0 aliphatic heterocycles. The highest BCUT2D eigenvalue weighted by molar-refractivity contribution is 6.42. The van der Waals surface area contributed by atoms with Gasteiger partial charge in [0.15, 0.2) is 0 Å². The number of carbonyl (C=O) groups excluding carboxylic acids is 1. The third-order valence-electron chi connectivity index (χ3n) is 4.73. The number of para-hydroxylation sites is 1. The number of carbonyl (C=O) groups is 1. The van der Waals surface area contributed by atoms with Gasteiger partial charge in [0.25, 0.3) is 5.91 Å². The van der Waals surface area contributed by atoms with E-state index in [4.69, 9.17) is 27.9 Å². The van der Waals surface area contributed by atoms with Crippen molar-refractivity contribution in [2.75, 3.05) is 5.32 Å². The molecule has 0 saturated carbocycles. The highest BCUT2D eigenvalue weighted by Crippen LogP contribution is 2.26. The summed E-state index contributed by atoms with van der Waals surface area (Å²) in [6, 6.07) is 20.1. The van der Waals surface area contributed by atoms with E-state index in [0.29, 0.717) is 33.7 Å². The van der Waals surface area contributed by atoms with Gasteiger partial charge >= 0.3 is 0 Å². The molecule has 0 bridgehead atoms. The van der Waals surface area contributed by atoms with Gasteiger partial charge in [-0.25, -0.2) is 0 Å². The Balaban J connectivity index is 1.78. The van der Waals surface area contributed by atoms with Crippen LogP contribution >= 0.6 is 23.2 Å². The van der Waals surface area contributed by atoms with Crippen LogP contribution in [0, 0.1) is 25.2 Å². The Labute approximate surface area is 191 Å². The third kappa shape index (κ3) is 5.88. The second kappa shape index (κ2) is 10.2. The number of aryl methyl sites for hydroxylation is 2. The summed E-state index contributed by atoms with van der Waals surface area (Å²) in [5, 5.41) is 12.9. The molecule has 0 radical (unpaired) electrons. The number of anilines is 1. The number of halogens is 2. The van der Waals surface area contributed by atoms with Crippen LogP contribution in [0.1, 0.15) is 22.3 Å². The van der Waals surface area contributed by atoms with Gasteiger partial charge in [-0.2, -0.15) is 5.26 Å². The quantitative estimate of drug-likeness (QED) is 0.334. The van der Waals surface area contributed by atoms with Crippen LogP contribution in [0.5, 0.6) is 5.75 Å². The zero-order valence-electron chi connectivity index (χ0n) is 17.1. The highest BCUT2D eigenvalue weighted by atomic mass is 35.5. The molecule has 0 aliphatic rings. The Hall–Kier alpha value is -3.26. The minimum atomic E-state index is -0.551. The number of amides is 1. The van der Waals surface area contributed by atoms with E-state index in [2.05, 4.69) is 31.3 Å². The topological polar surface area (TPSA) is 62.1 Å². The second-order valence-electron chi connectivity index (χ2n) is 7.00. The fraction of sp³-hybridized carbons (Fsp3) is 0.120. The lowest BCUT2D eigenvalue weighted by Gasteiger charge is -2.11. The Morgan fingerprint density at radius 3 is 2.52 bits per heavy atom. The summed E-state index contributed by atoms with van der Waals surface area (Å²) in [5.41, 5.74) is 4.47. The molecule has 0 heterocycles. The van der Waals surface area contributed by atoms with Gasteiger partial charge in [0, 0.05) is 11.3 Å². The predicted octanol–water partition coefficient (Wildman–Crippen LogP) is 6.73. The van der Waals surface area contributed by atoms with Crippen molar-refractivity contribution in [3.05, 3.63) is 98.5 Å². The van der Waals surface area contributed by atoms with E-state index in [0.717, 1.165) is 5.56 Å². The van der Waals surface area contributed by atoms with Crippen LogP contribution in [0.15, 0.2) is 66.2 Å². The molecular weight excluding hydrogens is 431 g/mol. The van der Waals surface area contributed by atoms with E-state index >= 15 is 0 Å². The van der Waals surface area contributed by atoms with Crippen LogP contribution in [-0.4, -0.2) is 5.91 Å². The van der Waals surface area contributed by atoms with Crippen molar-refractivity contribution in [3.8, 4) is 11.8 Å². The van der Waals surface area contributed by atoms with Crippen molar-refractivity contribution in [2.45, 2.75) is 20.5 Å². The van der Waals surface area contributed by atoms with Crippen molar-refractivity contribution in [1.82, 2.24) is 0 Å². The van der Waals surface area contributed by atoms with Gasteiger partial charge in [-0.1, -0.05) is 59.6 Å². The van der Waals surface area contributed by atoms with Gasteiger partial charge in [-0.3, -0.25) is 4.79 Å². The Bertz CT molecular complexity index is 1200. The zero-order valence-corrected chi connectivity index (χ0v) is 18.6. The second-order valence-corrected chi connectivity index (χ2v) is 7.81. The molecule has 4 nitrogen and oxygen atoms in total. The van der Waals surface area contributed by atoms with Crippen LogP contribution in [0.4, 0.5) is 5.69 Å². The summed E-state index contributed by atoms with van der Waals surface area (Å²) in [6.45, 7) is 4.50. The van der Waals surface area contributed by atoms with Crippen molar-refractivity contribution < 1.29 is 9.53 Å². The molecule has 0 spiro atoms. The standard InChI is InChI=1S/C25H20Cl2N2O2/c1-16-7-8-18(11-17(16)2)15-31-24-6-4-3-5-19(24)12-20(14-28)25(30)29-21-9-10-22(26)23(27)13-21/h3-13H,15H2,1-2H3,(H,29,30)/b20-12+. The number of hydrogen-bond acceptors (Lipinski definition) is 3. The maximum atomic E-state index is 12.6. The molecule has 0 fully saturated rings. The van der Waals surface area contributed by atoms with Gasteiger partial charge < -0.3 is 10.1 Å². The van der Waals surface area contributed by atoms with E-state index in [1.54, 1.807) is 24.3 Å². The summed E-state index contributed by atoms with van der Waals surface area (Å²) in [5.74, 6) is 0.0284. The average Bonchev–Trinajstić information content (AvgIpc) is 2.76. The number of nitrogens with zero attached hydrogens (tertiary/aromatic N) is 1. The molecule has 0 aromatic heterocycles. The maximum Gasteiger partial charge on any atom is 0.266 e. The molecule has 3 aromatic carbocycles. The van der Waals surface area contributed by atoms with Crippen molar-refractivity contribution in [2.24, 2.45) is 0 Å². The van der Waals surface area contributed by atoms with Crippen LogP contribution in [-0.2, 0) is 11.4 Å². The maximum absolute atomic E-state index is 12.6. The minimum Gasteiger partial charge on any atom is -0.488 e. The number of hydrogen-bond donors (Lipinski definition) is 1. The van der Waals surface area contributed by atoms with E-state index in [1.807, 2.05) is 24.3 Å². The van der Waals surface area contributed by atoms with Crippen molar-refractivity contribution in [1.29, 1.82) is 5.26 Å². The van der Waals surface area contributed by atoms with Gasteiger partial charge in [0.1, 0.15) is 24.0 Å². The van der Waals surface area contributed by atoms with Crippen LogP contribution in [0.3, 0.4) is 0 Å². The number of rotatable bonds is 6. The summed E-state index contributed by atoms with van der Waals surface area (Å²) >= 11 is 11.9. The first kappa shape index (κ1) is 22.4. The number of nitriles is 1. The van der Waals surface area contributed by atoms with Crippen LogP contribution in [0.2, 0.25) is 10.0 Å². The van der Waals surface area contributed by atoms with Gasteiger partial charge in [0.05, 0.1) is 10.0 Å². The predicted molar refractivity (Wildman–Crippen MR) is 125 cm³/mol. The minimum absolute atomic E-state index is 0.0618. The molecule has 6 heteroatoms. The Kier molecular flexibility index (Phi) is 7.36. The van der Waals surface area contributed by atoms with Gasteiger partial charge in [-0.05, 0) is 60.9 Å². The molecule has 3 aromatic rings. The fourth-order valence-electron chi connectivity index (χ4n) is 2.86. The number of ether oxygens (including phenoxy) is 1. The lowest BCUT2D eigenvalue weighted by atomic mass is 10.1. The Morgan fingerprint density at radius 1 is 1.03 bits per heavy atom. The van der Waals surface area contributed by atoms with E-state index < -0.39 is 5.91 Å². The van der Waals surface area contributed by atoms with Gasteiger partial charge in [-0.15, -0.1) is 0 Å². The number of benzene rings is 3. The molecule has 31 heavy (non-hydrogen) atoms. The molecule has 156 valence electrons. The number of nitrogens with one attached hydrogen (secondary N) is 1. The molecule has 0 unspecified atom stereocenters. The van der Waals surface area contributed by atoms with Crippen LogP contribution in [0.25, 0.3) is 6.08 Å². The van der Waals surface area contributed by atoms with E-state index in [1.165, 1.54) is 23.3 Å². The smallest absolute Gasteiger partial charge is 0.266 e. The third-order valence-corrected chi connectivity index (χ3v) is 5.47. The van der Waals surface area contributed by atoms with E-state index in [9.17, 15) is 10.1 Å². The molecule has 1 amide bonds. The fourth-order valence-corrected chi connectivity index (χ4v) is 3.16. The Morgan fingerprint density at radius 2 is 1.81 bits per heavy atom. The van der Waals surface area contributed by atoms with Gasteiger partial charge in [0.2, 0.25) is 0 Å². The lowest BCUT2D eigenvalue weighted by molar-refractivity contribution is -0.112. The zero-order chi connectivity index (χ0) is 22.4.